The van der Waals surface area contributed by atoms with Gasteiger partial charge in [0.1, 0.15) is 0 Å². The zero-order chi connectivity index (χ0) is 11.3. The maximum absolute atomic E-state index is 11.4. The zero-order valence-electron chi connectivity index (χ0n) is 10.0. The van der Waals surface area contributed by atoms with Gasteiger partial charge < -0.3 is 15.5 Å². The highest BCUT2D eigenvalue weighted by Gasteiger charge is 2.20. The summed E-state index contributed by atoms with van der Waals surface area (Å²) in [5.74, 6) is 0.802. The number of carbonyl (C=O) groups is 1. The van der Waals surface area contributed by atoms with Crippen LogP contribution in [0.25, 0.3) is 0 Å². The first kappa shape index (κ1) is 12.5. The van der Waals surface area contributed by atoms with Gasteiger partial charge >= 0.3 is 0 Å². The third kappa shape index (κ3) is 4.18. The summed E-state index contributed by atoms with van der Waals surface area (Å²) in [4.78, 5) is 13.8. The smallest absolute Gasteiger partial charge is 0.236 e. The predicted molar refractivity (Wildman–Crippen MR) is 61.8 cm³/mol. The zero-order valence-corrected chi connectivity index (χ0v) is 10.0. The summed E-state index contributed by atoms with van der Waals surface area (Å²) in [5, 5.41) is 6.11. The number of hydrogen-bond donors (Lipinski definition) is 2. The Kier molecular flexibility index (Phi) is 5.05. The highest BCUT2D eigenvalue weighted by Crippen LogP contribution is 2.12. The maximum atomic E-state index is 11.4. The molecule has 0 spiro atoms. The third-order valence-electron chi connectivity index (χ3n) is 2.95. The van der Waals surface area contributed by atoms with Crippen molar-refractivity contribution in [1.82, 2.24) is 15.5 Å². The summed E-state index contributed by atoms with van der Waals surface area (Å²) in [7, 11) is 2.15. The SMILES string of the molecule is CCNC(=O)C(C)NCC1CCN(C)C1. The van der Waals surface area contributed by atoms with Gasteiger partial charge in [0, 0.05) is 13.1 Å². The van der Waals surface area contributed by atoms with E-state index in [0.717, 1.165) is 13.1 Å². The van der Waals surface area contributed by atoms with E-state index in [2.05, 4.69) is 22.6 Å². The van der Waals surface area contributed by atoms with Gasteiger partial charge in [0.25, 0.3) is 0 Å². The van der Waals surface area contributed by atoms with Crippen LogP contribution in [0.15, 0.2) is 0 Å². The van der Waals surface area contributed by atoms with Crippen LogP contribution in [-0.4, -0.2) is 50.1 Å². The number of carbonyl (C=O) groups excluding carboxylic acids is 1. The molecular weight excluding hydrogens is 190 g/mol. The number of amides is 1. The minimum Gasteiger partial charge on any atom is -0.355 e. The van der Waals surface area contributed by atoms with E-state index in [0.29, 0.717) is 12.5 Å². The van der Waals surface area contributed by atoms with Crippen molar-refractivity contribution in [2.75, 3.05) is 33.2 Å². The van der Waals surface area contributed by atoms with Crippen LogP contribution in [0, 0.1) is 5.92 Å². The van der Waals surface area contributed by atoms with Crippen LogP contribution in [0.5, 0.6) is 0 Å². The standard InChI is InChI=1S/C11H23N3O/c1-4-12-11(15)9(2)13-7-10-5-6-14(3)8-10/h9-10,13H,4-8H2,1-3H3,(H,12,15). The molecule has 0 aromatic heterocycles. The average molecular weight is 213 g/mol. The number of hydrogen-bond acceptors (Lipinski definition) is 3. The molecule has 88 valence electrons. The highest BCUT2D eigenvalue weighted by atomic mass is 16.2. The fraction of sp³-hybridized carbons (Fsp3) is 0.909. The molecule has 2 atom stereocenters. The van der Waals surface area contributed by atoms with E-state index < -0.39 is 0 Å². The molecule has 4 heteroatoms. The molecule has 2 N–H and O–H groups in total. The van der Waals surface area contributed by atoms with Gasteiger partial charge in [0.15, 0.2) is 0 Å². The normalized spacial score (nSPS) is 24.1. The molecule has 1 amide bonds. The molecule has 1 aliphatic rings. The maximum Gasteiger partial charge on any atom is 0.236 e. The molecule has 1 fully saturated rings. The van der Waals surface area contributed by atoms with E-state index in [1.54, 1.807) is 0 Å². The molecule has 0 aromatic rings. The minimum absolute atomic E-state index is 0.0733. The van der Waals surface area contributed by atoms with Gasteiger partial charge in [0.05, 0.1) is 6.04 Å². The van der Waals surface area contributed by atoms with Gasteiger partial charge in [-0.1, -0.05) is 0 Å². The minimum atomic E-state index is -0.0733. The summed E-state index contributed by atoms with van der Waals surface area (Å²) in [6.07, 6.45) is 1.24. The number of nitrogens with zero attached hydrogens (tertiary/aromatic N) is 1. The Labute approximate surface area is 92.4 Å². The molecule has 0 aromatic carbocycles. The van der Waals surface area contributed by atoms with Gasteiger partial charge in [0.2, 0.25) is 5.91 Å². The molecule has 0 radical (unpaired) electrons. The van der Waals surface area contributed by atoms with E-state index >= 15 is 0 Å². The van der Waals surface area contributed by atoms with Crippen molar-refractivity contribution in [3.8, 4) is 0 Å². The average Bonchev–Trinajstić information content (AvgIpc) is 2.61. The van der Waals surface area contributed by atoms with Crippen molar-refractivity contribution >= 4 is 5.91 Å². The molecule has 0 saturated carbocycles. The molecule has 1 saturated heterocycles. The van der Waals surface area contributed by atoms with Crippen LogP contribution in [0.3, 0.4) is 0 Å². The lowest BCUT2D eigenvalue weighted by atomic mass is 10.1. The quantitative estimate of drug-likeness (QED) is 0.678. The number of nitrogens with one attached hydrogen (secondary N) is 2. The lowest BCUT2D eigenvalue weighted by Crippen LogP contribution is -2.43. The lowest BCUT2D eigenvalue weighted by Gasteiger charge is -2.16. The number of rotatable bonds is 5. The second kappa shape index (κ2) is 6.08. The molecular formula is C11H23N3O. The fourth-order valence-corrected chi connectivity index (χ4v) is 1.96. The topological polar surface area (TPSA) is 44.4 Å². The van der Waals surface area contributed by atoms with Crippen molar-refractivity contribution in [1.29, 1.82) is 0 Å². The Balaban J connectivity index is 2.16. The van der Waals surface area contributed by atoms with E-state index in [1.165, 1.54) is 13.0 Å². The molecule has 0 bridgehead atoms. The van der Waals surface area contributed by atoms with E-state index in [1.807, 2.05) is 13.8 Å². The van der Waals surface area contributed by atoms with E-state index in [9.17, 15) is 4.79 Å². The van der Waals surface area contributed by atoms with Gasteiger partial charge in [-0.15, -0.1) is 0 Å². The first-order valence-corrected chi connectivity index (χ1v) is 5.83. The summed E-state index contributed by atoms with van der Waals surface area (Å²) in [6, 6.07) is -0.0733. The van der Waals surface area contributed by atoms with Gasteiger partial charge in [-0.25, -0.2) is 0 Å². The van der Waals surface area contributed by atoms with Crippen LogP contribution < -0.4 is 10.6 Å². The van der Waals surface area contributed by atoms with Crippen LogP contribution >= 0.6 is 0 Å². The second-order valence-corrected chi connectivity index (χ2v) is 4.44. The summed E-state index contributed by atoms with van der Waals surface area (Å²) in [6.45, 7) is 7.84. The highest BCUT2D eigenvalue weighted by molar-refractivity contribution is 5.81. The molecule has 0 aliphatic carbocycles. The van der Waals surface area contributed by atoms with Gasteiger partial charge in [-0.3, -0.25) is 4.79 Å². The van der Waals surface area contributed by atoms with Crippen molar-refractivity contribution in [3.63, 3.8) is 0 Å². The van der Waals surface area contributed by atoms with Crippen LogP contribution in [0.4, 0.5) is 0 Å². The first-order chi connectivity index (χ1) is 7.13. The fourth-order valence-electron chi connectivity index (χ4n) is 1.96. The van der Waals surface area contributed by atoms with Gasteiger partial charge in [-0.2, -0.15) is 0 Å². The Morgan fingerprint density at radius 1 is 1.60 bits per heavy atom. The molecule has 1 aliphatic heterocycles. The molecule has 2 unspecified atom stereocenters. The Morgan fingerprint density at radius 2 is 2.33 bits per heavy atom. The van der Waals surface area contributed by atoms with E-state index in [4.69, 9.17) is 0 Å². The summed E-state index contributed by atoms with van der Waals surface area (Å²) < 4.78 is 0. The first-order valence-electron chi connectivity index (χ1n) is 5.83. The Bertz CT molecular complexity index is 208. The van der Waals surface area contributed by atoms with Gasteiger partial charge in [-0.05, 0) is 46.3 Å². The molecule has 1 rings (SSSR count). The van der Waals surface area contributed by atoms with Crippen molar-refractivity contribution < 1.29 is 4.79 Å². The Hall–Kier alpha value is -0.610. The van der Waals surface area contributed by atoms with Crippen LogP contribution in [-0.2, 0) is 4.79 Å². The summed E-state index contributed by atoms with van der Waals surface area (Å²) in [5.41, 5.74) is 0. The second-order valence-electron chi connectivity index (χ2n) is 4.44. The van der Waals surface area contributed by atoms with Crippen molar-refractivity contribution in [2.24, 2.45) is 5.92 Å². The monoisotopic (exact) mass is 213 g/mol. The number of likely N-dealkylation sites (N-methyl/N-ethyl adjacent to an activating group) is 1. The van der Waals surface area contributed by atoms with Crippen LogP contribution in [0.1, 0.15) is 20.3 Å². The molecule has 15 heavy (non-hydrogen) atoms. The summed E-state index contributed by atoms with van der Waals surface area (Å²) >= 11 is 0. The third-order valence-corrected chi connectivity index (χ3v) is 2.95. The van der Waals surface area contributed by atoms with Crippen molar-refractivity contribution in [2.45, 2.75) is 26.3 Å². The number of likely N-dealkylation sites (tertiary alicyclic amines) is 1. The molecule has 1 heterocycles. The van der Waals surface area contributed by atoms with E-state index in [-0.39, 0.29) is 11.9 Å². The lowest BCUT2D eigenvalue weighted by molar-refractivity contribution is -0.122. The van der Waals surface area contributed by atoms with Crippen molar-refractivity contribution in [3.05, 3.63) is 0 Å². The molecule has 4 nitrogen and oxygen atoms in total. The predicted octanol–water partition coefficient (Wildman–Crippen LogP) is 0.0523. The van der Waals surface area contributed by atoms with Crippen LogP contribution in [0.2, 0.25) is 0 Å². The Morgan fingerprint density at radius 3 is 2.87 bits per heavy atom. The largest absolute Gasteiger partial charge is 0.355 e.